The van der Waals surface area contributed by atoms with Crippen LogP contribution in [-0.4, -0.2) is 43.3 Å². The molecule has 24 heavy (non-hydrogen) atoms. The largest absolute Gasteiger partial charge is 0.342 e. The molecule has 134 valence electrons. The van der Waals surface area contributed by atoms with Crippen LogP contribution in [0.25, 0.3) is 0 Å². The number of piperidine rings is 1. The summed E-state index contributed by atoms with van der Waals surface area (Å²) in [6.07, 6.45) is 0.877. The monoisotopic (exact) mass is 359 g/mol. The van der Waals surface area contributed by atoms with Crippen LogP contribution in [0.2, 0.25) is 0 Å². The second-order valence-electron chi connectivity index (χ2n) is 6.58. The first-order valence-corrected chi connectivity index (χ1v) is 9.84. The van der Waals surface area contributed by atoms with E-state index in [0.717, 1.165) is 12.1 Å². The smallest absolute Gasteiger partial charge is 0.227 e. The summed E-state index contributed by atoms with van der Waals surface area (Å²) in [6, 6.07) is 3.53. The van der Waals surface area contributed by atoms with Crippen LogP contribution in [-0.2, 0) is 21.1 Å². The van der Waals surface area contributed by atoms with E-state index in [9.17, 15) is 22.0 Å². The molecule has 4 nitrogen and oxygen atoms in total. The maximum Gasteiger partial charge on any atom is 0.227 e. The maximum atomic E-state index is 13.6. The van der Waals surface area contributed by atoms with Crippen LogP contribution in [0.1, 0.15) is 32.3 Å². The highest BCUT2D eigenvalue weighted by molar-refractivity contribution is 7.91. The van der Waals surface area contributed by atoms with Crippen molar-refractivity contribution in [2.75, 3.05) is 18.8 Å². The number of carbonyl (C=O) groups is 1. The summed E-state index contributed by atoms with van der Waals surface area (Å²) in [5.41, 5.74) is -0.216. The van der Waals surface area contributed by atoms with Crippen LogP contribution < -0.4 is 0 Å². The van der Waals surface area contributed by atoms with Crippen molar-refractivity contribution in [2.45, 2.75) is 38.4 Å². The van der Waals surface area contributed by atoms with Gasteiger partial charge in [0.2, 0.25) is 5.91 Å². The van der Waals surface area contributed by atoms with Crippen LogP contribution in [0, 0.1) is 17.6 Å². The van der Waals surface area contributed by atoms with Gasteiger partial charge in [0.1, 0.15) is 11.6 Å². The van der Waals surface area contributed by atoms with Gasteiger partial charge >= 0.3 is 0 Å². The Morgan fingerprint density at radius 2 is 1.75 bits per heavy atom. The maximum absolute atomic E-state index is 13.6. The summed E-state index contributed by atoms with van der Waals surface area (Å²) in [7, 11) is -3.10. The molecule has 1 heterocycles. The number of carbonyl (C=O) groups excluding carboxylic acids is 1. The lowest BCUT2D eigenvalue weighted by molar-refractivity contribution is -0.131. The predicted molar refractivity (Wildman–Crippen MR) is 88.3 cm³/mol. The molecule has 0 saturated carbocycles. The SMILES string of the molecule is CC(C)S(=O)(=O)CC1CCN(C(=O)Cc2c(F)cccc2F)CC1. The van der Waals surface area contributed by atoms with Gasteiger partial charge in [0.15, 0.2) is 9.84 Å². The van der Waals surface area contributed by atoms with E-state index in [0.29, 0.717) is 25.9 Å². The predicted octanol–water partition coefficient (Wildman–Crippen LogP) is 2.57. The van der Waals surface area contributed by atoms with Crippen molar-refractivity contribution in [2.24, 2.45) is 5.92 Å². The van der Waals surface area contributed by atoms with Crippen LogP contribution >= 0.6 is 0 Å². The molecular formula is C17H23F2NO3S. The lowest BCUT2D eigenvalue weighted by atomic mass is 9.98. The highest BCUT2D eigenvalue weighted by atomic mass is 32.2. The summed E-state index contributed by atoms with van der Waals surface area (Å²) in [5.74, 6) is -1.60. The minimum atomic E-state index is -3.10. The third-order valence-corrected chi connectivity index (χ3v) is 6.92. The molecule has 0 spiro atoms. The van der Waals surface area contributed by atoms with Crippen LogP contribution in [0.5, 0.6) is 0 Å². The minimum Gasteiger partial charge on any atom is -0.342 e. The molecule has 1 aliphatic heterocycles. The highest BCUT2D eigenvalue weighted by Crippen LogP contribution is 2.22. The van der Waals surface area contributed by atoms with Crippen molar-refractivity contribution in [3.8, 4) is 0 Å². The van der Waals surface area contributed by atoms with Crippen molar-refractivity contribution in [1.29, 1.82) is 0 Å². The average molecular weight is 359 g/mol. The van der Waals surface area contributed by atoms with E-state index >= 15 is 0 Å². The Kier molecular flexibility index (Phi) is 5.96. The summed E-state index contributed by atoms with van der Waals surface area (Å²) in [5, 5.41) is -0.402. The lowest BCUT2D eigenvalue weighted by Gasteiger charge is -2.32. The van der Waals surface area contributed by atoms with E-state index in [4.69, 9.17) is 0 Å². The molecule has 0 radical (unpaired) electrons. The lowest BCUT2D eigenvalue weighted by Crippen LogP contribution is -2.41. The minimum absolute atomic E-state index is 0.0339. The molecule has 0 aromatic heterocycles. The standard InChI is InChI=1S/C17H23F2NO3S/c1-12(2)24(22,23)11-13-6-8-20(9-7-13)17(21)10-14-15(18)4-3-5-16(14)19/h3-5,12-13H,6-11H2,1-2H3. The van der Waals surface area contributed by atoms with E-state index in [2.05, 4.69) is 0 Å². The second kappa shape index (κ2) is 7.59. The normalized spacial score (nSPS) is 16.6. The number of benzene rings is 1. The Bertz CT molecular complexity index is 676. The number of likely N-dealkylation sites (tertiary alicyclic amines) is 1. The summed E-state index contributed by atoms with van der Waals surface area (Å²) < 4.78 is 51.2. The Labute approximate surface area is 141 Å². The number of amides is 1. The molecule has 0 bridgehead atoms. The van der Waals surface area contributed by atoms with Gasteiger partial charge in [0.25, 0.3) is 0 Å². The molecule has 0 unspecified atom stereocenters. The molecule has 1 amide bonds. The zero-order chi connectivity index (χ0) is 17.9. The number of hydrogen-bond acceptors (Lipinski definition) is 3. The number of rotatable bonds is 5. The van der Waals surface area contributed by atoms with Crippen molar-refractivity contribution < 1.29 is 22.0 Å². The first-order valence-electron chi connectivity index (χ1n) is 8.13. The van der Waals surface area contributed by atoms with E-state index in [1.54, 1.807) is 18.7 Å². The third kappa shape index (κ3) is 4.53. The van der Waals surface area contributed by atoms with Crippen molar-refractivity contribution in [1.82, 2.24) is 4.90 Å². The van der Waals surface area contributed by atoms with Crippen molar-refractivity contribution in [3.05, 3.63) is 35.4 Å². The van der Waals surface area contributed by atoms with Crippen molar-refractivity contribution >= 4 is 15.7 Å². The summed E-state index contributed by atoms with van der Waals surface area (Å²) >= 11 is 0. The molecule has 1 aromatic rings. The van der Waals surface area contributed by atoms with E-state index in [-0.39, 0.29) is 29.6 Å². The molecule has 1 saturated heterocycles. The summed E-state index contributed by atoms with van der Waals surface area (Å²) in [6.45, 7) is 4.17. The molecule has 0 atom stereocenters. The first kappa shape index (κ1) is 18.8. The zero-order valence-corrected chi connectivity index (χ0v) is 14.8. The zero-order valence-electron chi connectivity index (χ0n) is 14.0. The third-order valence-electron chi connectivity index (χ3n) is 4.54. The van der Waals surface area contributed by atoms with Gasteiger partial charge in [-0.1, -0.05) is 6.07 Å². The Morgan fingerprint density at radius 1 is 1.21 bits per heavy atom. The van der Waals surface area contributed by atoms with Gasteiger partial charge in [-0.3, -0.25) is 4.79 Å². The van der Waals surface area contributed by atoms with Gasteiger partial charge in [-0.05, 0) is 44.7 Å². The number of sulfone groups is 1. The summed E-state index contributed by atoms with van der Waals surface area (Å²) in [4.78, 5) is 13.8. The molecular weight excluding hydrogens is 336 g/mol. The quantitative estimate of drug-likeness (QED) is 0.812. The highest BCUT2D eigenvalue weighted by Gasteiger charge is 2.28. The number of nitrogens with zero attached hydrogens (tertiary/aromatic N) is 1. The molecule has 1 fully saturated rings. The fourth-order valence-electron chi connectivity index (χ4n) is 2.83. The van der Waals surface area contributed by atoms with E-state index in [1.807, 2.05) is 0 Å². The fraction of sp³-hybridized carbons (Fsp3) is 0.588. The van der Waals surface area contributed by atoms with Gasteiger partial charge in [-0.2, -0.15) is 0 Å². The van der Waals surface area contributed by atoms with Crippen LogP contribution in [0.15, 0.2) is 18.2 Å². The van der Waals surface area contributed by atoms with Gasteiger partial charge < -0.3 is 4.90 Å². The average Bonchev–Trinajstić information content (AvgIpc) is 2.51. The second-order valence-corrected chi connectivity index (χ2v) is 9.18. The molecule has 0 aliphatic carbocycles. The van der Waals surface area contributed by atoms with Crippen LogP contribution in [0.3, 0.4) is 0 Å². The Hall–Kier alpha value is -1.50. The van der Waals surface area contributed by atoms with Gasteiger partial charge in [-0.25, -0.2) is 17.2 Å². The molecule has 0 N–H and O–H groups in total. The fourth-order valence-corrected chi connectivity index (χ4v) is 4.21. The molecule has 1 aliphatic rings. The number of halogens is 2. The van der Waals surface area contributed by atoms with E-state index in [1.165, 1.54) is 6.07 Å². The molecule has 1 aromatic carbocycles. The molecule has 2 rings (SSSR count). The topological polar surface area (TPSA) is 54.5 Å². The Morgan fingerprint density at radius 3 is 2.25 bits per heavy atom. The van der Waals surface area contributed by atoms with Crippen molar-refractivity contribution in [3.63, 3.8) is 0 Å². The van der Waals surface area contributed by atoms with E-state index < -0.39 is 26.7 Å². The Balaban J connectivity index is 1.91. The first-order chi connectivity index (χ1) is 11.2. The number of hydrogen-bond donors (Lipinski definition) is 0. The van der Waals surface area contributed by atoms with Gasteiger partial charge in [0.05, 0.1) is 17.4 Å². The van der Waals surface area contributed by atoms with Crippen LogP contribution in [0.4, 0.5) is 8.78 Å². The van der Waals surface area contributed by atoms with Gasteiger partial charge in [0, 0.05) is 18.7 Å². The van der Waals surface area contributed by atoms with Gasteiger partial charge in [-0.15, -0.1) is 0 Å². The molecule has 7 heteroatoms.